The molecule has 20 heavy (non-hydrogen) atoms. The van der Waals surface area contributed by atoms with E-state index in [2.05, 4.69) is 17.1 Å². The van der Waals surface area contributed by atoms with Gasteiger partial charge in [-0.3, -0.25) is 4.90 Å². The molecule has 0 bridgehead atoms. The molecule has 3 rings (SSSR count). The Kier molecular flexibility index (Phi) is 4.37. The molecule has 0 aromatic heterocycles. The molecule has 1 saturated carbocycles. The zero-order valence-corrected chi connectivity index (χ0v) is 12.3. The van der Waals surface area contributed by atoms with E-state index in [-0.39, 0.29) is 5.82 Å². The van der Waals surface area contributed by atoms with Crippen LogP contribution < -0.4 is 5.32 Å². The van der Waals surface area contributed by atoms with Crippen LogP contribution >= 0.6 is 0 Å². The van der Waals surface area contributed by atoms with Gasteiger partial charge in [-0.25, -0.2) is 4.39 Å². The van der Waals surface area contributed by atoms with Crippen molar-refractivity contribution in [2.24, 2.45) is 11.8 Å². The van der Waals surface area contributed by atoms with Crippen LogP contribution in [0.2, 0.25) is 0 Å². The summed E-state index contributed by atoms with van der Waals surface area (Å²) in [6, 6.07) is 7.73. The van der Waals surface area contributed by atoms with Crippen molar-refractivity contribution in [1.82, 2.24) is 10.2 Å². The zero-order chi connectivity index (χ0) is 13.9. The number of likely N-dealkylation sites (tertiary alicyclic amines) is 1. The van der Waals surface area contributed by atoms with Gasteiger partial charge in [0.2, 0.25) is 0 Å². The summed E-state index contributed by atoms with van der Waals surface area (Å²) in [6.45, 7) is 6.34. The minimum atomic E-state index is -0.0757. The lowest BCUT2D eigenvalue weighted by Crippen LogP contribution is -2.48. The van der Waals surface area contributed by atoms with Crippen LogP contribution in [0.15, 0.2) is 24.3 Å². The number of rotatable bonds is 5. The van der Waals surface area contributed by atoms with Crippen LogP contribution in [0.5, 0.6) is 0 Å². The Morgan fingerprint density at radius 2 is 2.05 bits per heavy atom. The summed E-state index contributed by atoms with van der Waals surface area (Å²) in [5, 5.41) is 3.71. The fourth-order valence-electron chi connectivity index (χ4n) is 3.26. The van der Waals surface area contributed by atoms with Gasteiger partial charge in [-0.05, 0) is 43.7 Å². The number of hydrogen-bond acceptors (Lipinski definition) is 2. The van der Waals surface area contributed by atoms with Crippen molar-refractivity contribution in [3.8, 4) is 0 Å². The second-order valence-corrected chi connectivity index (χ2v) is 6.67. The first-order chi connectivity index (χ1) is 9.70. The molecule has 2 fully saturated rings. The quantitative estimate of drug-likeness (QED) is 0.889. The lowest BCUT2D eigenvalue weighted by Gasteiger charge is -2.37. The van der Waals surface area contributed by atoms with Crippen molar-refractivity contribution in [2.45, 2.75) is 38.8 Å². The molecule has 1 N–H and O–H groups in total. The van der Waals surface area contributed by atoms with Gasteiger partial charge in [-0.15, -0.1) is 0 Å². The second kappa shape index (κ2) is 6.23. The predicted octanol–water partition coefficient (Wildman–Crippen LogP) is 3.04. The number of nitrogens with one attached hydrogen (secondary N) is 1. The summed E-state index contributed by atoms with van der Waals surface area (Å²) < 4.78 is 13.8. The number of hydrogen-bond donors (Lipinski definition) is 1. The van der Waals surface area contributed by atoms with E-state index in [1.54, 1.807) is 12.1 Å². The molecule has 1 aliphatic heterocycles. The van der Waals surface area contributed by atoms with Crippen LogP contribution in [-0.2, 0) is 6.54 Å². The van der Waals surface area contributed by atoms with Crippen LogP contribution in [0.1, 0.15) is 31.7 Å². The Hall–Kier alpha value is -0.930. The average molecular weight is 276 g/mol. The molecule has 1 heterocycles. The third-order valence-corrected chi connectivity index (χ3v) is 4.48. The highest BCUT2D eigenvalue weighted by molar-refractivity contribution is 5.17. The Balaban J connectivity index is 1.56. The molecule has 110 valence electrons. The highest BCUT2D eigenvalue weighted by Crippen LogP contribution is 2.28. The summed E-state index contributed by atoms with van der Waals surface area (Å²) >= 11 is 0. The van der Waals surface area contributed by atoms with Gasteiger partial charge in [0.15, 0.2) is 0 Å². The molecule has 2 unspecified atom stereocenters. The molecule has 0 amide bonds. The van der Waals surface area contributed by atoms with Gasteiger partial charge in [-0.2, -0.15) is 0 Å². The van der Waals surface area contributed by atoms with Crippen molar-refractivity contribution < 1.29 is 4.39 Å². The molecule has 3 heteroatoms. The Morgan fingerprint density at radius 3 is 2.80 bits per heavy atom. The molecule has 1 saturated heterocycles. The smallest absolute Gasteiger partial charge is 0.127 e. The van der Waals surface area contributed by atoms with Gasteiger partial charge in [0, 0.05) is 31.2 Å². The van der Waals surface area contributed by atoms with Crippen LogP contribution in [0.25, 0.3) is 0 Å². The van der Waals surface area contributed by atoms with Crippen molar-refractivity contribution in [1.29, 1.82) is 0 Å². The average Bonchev–Trinajstić information content (AvgIpc) is 3.23. The second-order valence-electron chi connectivity index (χ2n) is 6.67. The van der Waals surface area contributed by atoms with Crippen molar-refractivity contribution in [3.05, 3.63) is 35.6 Å². The summed E-state index contributed by atoms with van der Waals surface area (Å²) in [6.07, 6.45) is 4.04. The first kappa shape index (κ1) is 14.0. The molecule has 2 atom stereocenters. The lowest BCUT2D eigenvalue weighted by molar-refractivity contribution is 0.140. The molecular formula is C17H25FN2. The Bertz CT molecular complexity index is 444. The SMILES string of the molecule is CC1CC(NCC2CC2)CN(Cc2ccccc2F)C1. The number of benzene rings is 1. The maximum absolute atomic E-state index is 13.8. The number of piperidine rings is 1. The summed E-state index contributed by atoms with van der Waals surface area (Å²) in [4.78, 5) is 2.40. The molecule has 0 spiro atoms. The third kappa shape index (κ3) is 3.80. The fraction of sp³-hybridized carbons (Fsp3) is 0.647. The standard InChI is InChI=1S/C17H25FN2/c1-13-8-16(19-9-14-6-7-14)12-20(10-13)11-15-4-2-3-5-17(15)18/h2-5,13-14,16,19H,6-12H2,1H3. The highest BCUT2D eigenvalue weighted by atomic mass is 19.1. The van der Waals surface area contributed by atoms with E-state index in [4.69, 9.17) is 0 Å². The zero-order valence-electron chi connectivity index (χ0n) is 12.3. The predicted molar refractivity (Wildman–Crippen MR) is 80.0 cm³/mol. The topological polar surface area (TPSA) is 15.3 Å². The van der Waals surface area contributed by atoms with E-state index in [0.717, 1.165) is 31.1 Å². The van der Waals surface area contributed by atoms with E-state index in [0.29, 0.717) is 12.0 Å². The van der Waals surface area contributed by atoms with Crippen molar-refractivity contribution >= 4 is 0 Å². The van der Waals surface area contributed by atoms with Crippen LogP contribution in [-0.4, -0.2) is 30.6 Å². The molecule has 2 aliphatic rings. The Morgan fingerprint density at radius 1 is 1.25 bits per heavy atom. The number of halogens is 1. The van der Waals surface area contributed by atoms with E-state index >= 15 is 0 Å². The monoisotopic (exact) mass is 276 g/mol. The first-order valence-corrected chi connectivity index (χ1v) is 7.90. The molecule has 1 aromatic carbocycles. The molecule has 1 aromatic rings. The maximum atomic E-state index is 13.8. The van der Waals surface area contributed by atoms with Crippen molar-refractivity contribution in [2.75, 3.05) is 19.6 Å². The van der Waals surface area contributed by atoms with E-state index in [1.165, 1.54) is 25.8 Å². The van der Waals surface area contributed by atoms with Crippen LogP contribution in [0.4, 0.5) is 4.39 Å². The first-order valence-electron chi connectivity index (χ1n) is 7.90. The normalized spacial score (nSPS) is 27.7. The van der Waals surface area contributed by atoms with Gasteiger partial charge in [0.1, 0.15) is 5.82 Å². The minimum Gasteiger partial charge on any atom is -0.312 e. The maximum Gasteiger partial charge on any atom is 0.127 e. The van der Waals surface area contributed by atoms with Gasteiger partial charge < -0.3 is 5.32 Å². The summed E-state index contributed by atoms with van der Waals surface area (Å²) in [7, 11) is 0. The fourth-order valence-corrected chi connectivity index (χ4v) is 3.26. The van der Waals surface area contributed by atoms with Crippen LogP contribution in [0, 0.1) is 17.7 Å². The highest BCUT2D eigenvalue weighted by Gasteiger charge is 2.27. The molecule has 1 aliphatic carbocycles. The molecule has 2 nitrogen and oxygen atoms in total. The van der Waals surface area contributed by atoms with Gasteiger partial charge in [0.05, 0.1) is 0 Å². The summed E-state index contributed by atoms with van der Waals surface area (Å²) in [5.74, 6) is 1.53. The van der Waals surface area contributed by atoms with Gasteiger partial charge in [0.25, 0.3) is 0 Å². The minimum absolute atomic E-state index is 0.0757. The van der Waals surface area contributed by atoms with E-state index < -0.39 is 0 Å². The molecular weight excluding hydrogens is 251 g/mol. The van der Waals surface area contributed by atoms with Gasteiger partial charge >= 0.3 is 0 Å². The molecule has 0 radical (unpaired) electrons. The largest absolute Gasteiger partial charge is 0.312 e. The van der Waals surface area contributed by atoms with Gasteiger partial charge in [-0.1, -0.05) is 25.1 Å². The van der Waals surface area contributed by atoms with Crippen molar-refractivity contribution in [3.63, 3.8) is 0 Å². The Labute approximate surface area is 121 Å². The van der Waals surface area contributed by atoms with E-state index in [1.807, 2.05) is 12.1 Å². The van der Waals surface area contributed by atoms with Crippen LogP contribution in [0.3, 0.4) is 0 Å². The lowest BCUT2D eigenvalue weighted by atomic mass is 9.95. The van der Waals surface area contributed by atoms with E-state index in [9.17, 15) is 4.39 Å². The number of nitrogens with zero attached hydrogens (tertiary/aromatic N) is 1. The summed E-state index contributed by atoms with van der Waals surface area (Å²) in [5.41, 5.74) is 0.822. The third-order valence-electron chi connectivity index (χ3n) is 4.48.